The van der Waals surface area contributed by atoms with Gasteiger partial charge < -0.3 is 10.1 Å². The standard InChI is InChI=1S/C14H13N3O2/c18-12-6-13(19)17(14(12)8-1-2-8)9-3-4-10-11(5-9)16-7-15-10/h3-8,14,18H,1-2H2,(H,15,16). The number of H-pyrrole nitrogens is 1. The molecule has 1 atom stereocenters. The second-order valence-corrected chi connectivity index (χ2v) is 5.16. The Hall–Kier alpha value is -2.30. The molecule has 0 bridgehead atoms. The Morgan fingerprint density at radius 1 is 1.37 bits per heavy atom. The van der Waals surface area contributed by atoms with Crippen molar-refractivity contribution in [3.05, 3.63) is 36.4 Å². The van der Waals surface area contributed by atoms with Gasteiger partial charge in [-0.05, 0) is 37.0 Å². The molecular weight excluding hydrogens is 242 g/mol. The summed E-state index contributed by atoms with van der Waals surface area (Å²) in [6.07, 6.45) is 5.10. The van der Waals surface area contributed by atoms with Gasteiger partial charge in [0, 0.05) is 11.8 Å². The summed E-state index contributed by atoms with van der Waals surface area (Å²) in [4.78, 5) is 21.0. The molecule has 2 N–H and O–H groups in total. The Balaban J connectivity index is 1.79. The van der Waals surface area contributed by atoms with Crippen molar-refractivity contribution in [3.63, 3.8) is 0 Å². The third-order valence-electron chi connectivity index (χ3n) is 3.84. The first-order chi connectivity index (χ1) is 9.24. The molecule has 2 aliphatic rings. The molecule has 1 aromatic carbocycles. The van der Waals surface area contributed by atoms with E-state index in [1.54, 1.807) is 11.2 Å². The number of hydrogen-bond donors (Lipinski definition) is 2. The molecule has 5 heteroatoms. The summed E-state index contributed by atoms with van der Waals surface area (Å²) in [7, 11) is 0. The molecule has 1 aliphatic carbocycles. The van der Waals surface area contributed by atoms with Crippen LogP contribution in [0.1, 0.15) is 12.8 Å². The zero-order valence-corrected chi connectivity index (χ0v) is 10.2. The van der Waals surface area contributed by atoms with Crippen molar-refractivity contribution in [1.29, 1.82) is 0 Å². The van der Waals surface area contributed by atoms with Crippen molar-refractivity contribution in [2.45, 2.75) is 18.9 Å². The highest BCUT2D eigenvalue weighted by Gasteiger charge is 2.44. The fourth-order valence-electron chi connectivity index (χ4n) is 2.78. The van der Waals surface area contributed by atoms with E-state index < -0.39 is 0 Å². The minimum absolute atomic E-state index is 0.145. The summed E-state index contributed by atoms with van der Waals surface area (Å²) in [5.74, 6) is 0.436. The van der Waals surface area contributed by atoms with E-state index in [4.69, 9.17) is 0 Å². The van der Waals surface area contributed by atoms with Gasteiger partial charge in [0.15, 0.2) is 0 Å². The van der Waals surface area contributed by atoms with Crippen molar-refractivity contribution in [3.8, 4) is 0 Å². The number of rotatable bonds is 2. The number of hydrogen-bond acceptors (Lipinski definition) is 3. The van der Waals surface area contributed by atoms with Crippen molar-refractivity contribution >= 4 is 22.6 Å². The van der Waals surface area contributed by atoms with Crippen molar-refractivity contribution in [2.24, 2.45) is 5.92 Å². The van der Waals surface area contributed by atoms with Crippen LogP contribution in [0.2, 0.25) is 0 Å². The van der Waals surface area contributed by atoms with Crippen molar-refractivity contribution in [1.82, 2.24) is 9.97 Å². The number of amides is 1. The average Bonchev–Trinajstić information content (AvgIpc) is 3.03. The first-order valence-electron chi connectivity index (χ1n) is 6.41. The highest BCUT2D eigenvalue weighted by atomic mass is 16.3. The Kier molecular flexibility index (Phi) is 2.01. The molecule has 19 heavy (non-hydrogen) atoms. The summed E-state index contributed by atoms with van der Waals surface area (Å²) in [6.45, 7) is 0. The van der Waals surface area contributed by atoms with Crippen LogP contribution >= 0.6 is 0 Å². The lowest BCUT2D eigenvalue weighted by atomic mass is 10.1. The number of aromatic nitrogens is 2. The van der Waals surface area contributed by atoms with Gasteiger partial charge in [-0.25, -0.2) is 4.98 Å². The SMILES string of the molecule is O=C1C=C(O)C(C2CC2)N1c1ccc2nc[nH]c2c1. The van der Waals surface area contributed by atoms with E-state index in [9.17, 15) is 9.90 Å². The molecule has 2 aromatic rings. The summed E-state index contributed by atoms with van der Waals surface area (Å²) < 4.78 is 0. The molecule has 4 rings (SSSR count). The smallest absolute Gasteiger partial charge is 0.255 e. The monoisotopic (exact) mass is 255 g/mol. The first kappa shape index (κ1) is 10.6. The van der Waals surface area contributed by atoms with E-state index in [0.717, 1.165) is 29.6 Å². The van der Waals surface area contributed by atoms with Crippen LogP contribution in [0.4, 0.5) is 5.69 Å². The van der Waals surface area contributed by atoms with Gasteiger partial charge in [0.1, 0.15) is 5.76 Å². The fourth-order valence-corrected chi connectivity index (χ4v) is 2.78. The number of fused-ring (bicyclic) bond motifs is 1. The number of aliphatic hydroxyl groups excluding tert-OH is 1. The molecule has 1 aromatic heterocycles. The number of nitrogens with zero attached hydrogens (tertiary/aromatic N) is 2. The molecule has 1 aliphatic heterocycles. The molecule has 1 unspecified atom stereocenters. The van der Waals surface area contributed by atoms with Crippen LogP contribution in [0.25, 0.3) is 11.0 Å². The maximum absolute atomic E-state index is 12.1. The third kappa shape index (κ3) is 1.54. The lowest BCUT2D eigenvalue weighted by Crippen LogP contribution is -2.36. The van der Waals surface area contributed by atoms with Crippen LogP contribution in [0.3, 0.4) is 0 Å². The van der Waals surface area contributed by atoms with Gasteiger partial charge in [-0.2, -0.15) is 0 Å². The zero-order valence-electron chi connectivity index (χ0n) is 10.2. The Labute approximate surface area is 109 Å². The normalized spacial score (nSPS) is 23.2. The van der Waals surface area contributed by atoms with E-state index >= 15 is 0 Å². The number of benzene rings is 1. The number of anilines is 1. The molecule has 1 saturated carbocycles. The molecule has 2 heterocycles. The van der Waals surface area contributed by atoms with Crippen LogP contribution in [-0.4, -0.2) is 27.0 Å². The quantitative estimate of drug-likeness (QED) is 0.863. The number of nitrogens with one attached hydrogen (secondary N) is 1. The second-order valence-electron chi connectivity index (χ2n) is 5.16. The predicted molar refractivity (Wildman–Crippen MR) is 70.8 cm³/mol. The minimum Gasteiger partial charge on any atom is -0.510 e. The van der Waals surface area contributed by atoms with E-state index in [2.05, 4.69) is 9.97 Å². The van der Waals surface area contributed by atoms with Gasteiger partial charge in [-0.1, -0.05) is 0 Å². The van der Waals surface area contributed by atoms with Crippen molar-refractivity contribution < 1.29 is 9.90 Å². The van der Waals surface area contributed by atoms with E-state index in [1.807, 2.05) is 18.2 Å². The molecule has 1 amide bonds. The minimum atomic E-state index is -0.187. The zero-order chi connectivity index (χ0) is 13.0. The van der Waals surface area contributed by atoms with Gasteiger partial charge in [-0.15, -0.1) is 0 Å². The van der Waals surface area contributed by atoms with E-state index in [0.29, 0.717) is 5.92 Å². The van der Waals surface area contributed by atoms with Crippen LogP contribution < -0.4 is 4.90 Å². The molecule has 96 valence electrons. The predicted octanol–water partition coefficient (Wildman–Crippen LogP) is 2.13. The Bertz CT molecular complexity index is 700. The fraction of sp³-hybridized carbons (Fsp3) is 0.286. The van der Waals surface area contributed by atoms with Gasteiger partial charge in [0.25, 0.3) is 5.91 Å². The van der Waals surface area contributed by atoms with Crippen LogP contribution in [-0.2, 0) is 4.79 Å². The number of imidazole rings is 1. The highest BCUT2D eigenvalue weighted by Crippen LogP contribution is 2.42. The van der Waals surface area contributed by atoms with Gasteiger partial charge in [-0.3, -0.25) is 9.69 Å². The maximum atomic E-state index is 12.1. The average molecular weight is 255 g/mol. The maximum Gasteiger partial charge on any atom is 0.255 e. The molecule has 1 fully saturated rings. The number of aliphatic hydroxyl groups is 1. The third-order valence-corrected chi connectivity index (χ3v) is 3.84. The molecule has 0 radical (unpaired) electrons. The summed E-state index contributed by atoms with van der Waals surface area (Å²) >= 11 is 0. The Morgan fingerprint density at radius 2 is 2.21 bits per heavy atom. The number of aromatic amines is 1. The van der Waals surface area contributed by atoms with Crippen molar-refractivity contribution in [2.75, 3.05) is 4.90 Å². The Morgan fingerprint density at radius 3 is 3.00 bits per heavy atom. The highest BCUT2D eigenvalue weighted by molar-refractivity contribution is 6.06. The molecule has 5 nitrogen and oxygen atoms in total. The van der Waals surface area contributed by atoms with Crippen LogP contribution in [0, 0.1) is 5.92 Å². The van der Waals surface area contributed by atoms with Crippen LogP contribution in [0.5, 0.6) is 0 Å². The van der Waals surface area contributed by atoms with E-state index in [-0.39, 0.29) is 17.7 Å². The molecule has 0 spiro atoms. The largest absolute Gasteiger partial charge is 0.510 e. The first-order valence-corrected chi connectivity index (χ1v) is 6.41. The van der Waals surface area contributed by atoms with E-state index in [1.165, 1.54) is 6.08 Å². The van der Waals surface area contributed by atoms with Gasteiger partial charge in [0.05, 0.1) is 23.4 Å². The summed E-state index contributed by atoms with van der Waals surface area (Å²) in [6, 6.07) is 5.48. The summed E-state index contributed by atoms with van der Waals surface area (Å²) in [5.41, 5.74) is 2.57. The number of carbonyl (C=O) groups is 1. The molecule has 0 saturated heterocycles. The number of carbonyl (C=O) groups excluding carboxylic acids is 1. The lowest BCUT2D eigenvalue weighted by molar-refractivity contribution is -0.114. The van der Waals surface area contributed by atoms with Gasteiger partial charge >= 0.3 is 0 Å². The summed E-state index contributed by atoms with van der Waals surface area (Å²) in [5, 5.41) is 9.95. The molecular formula is C14H13N3O2. The van der Waals surface area contributed by atoms with Gasteiger partial charge in [0.2, 0.25) is 0 Å². The lowest BCUT2D eigenvalue weighted by Gasteiger charge is -2.25. The second kappa shape index (κ2) is 3.60. The van der Waals surface area contributed by atoms with Crippen LogP contribution in [0.15, 0.2) is 36.4 Å². The topological polar surface area (TPSA) is 69.2 Å².